The van der Waals surface area contributed by atoms with Crippen molar-refractivity contribution in [2.24, 2.45) is 5.92 Å². The number of unbranched alkanes of at least 4 members (excludes halogenated alkanes) is 9. The van der Waals surface area contributed by atoms with Gasteiger partial charge in [0.05, 0.1) is 13.2 Å². The summed E-state index contributed by atoms with van der Waals surface area (Å²) in [6, 6.07) is 0. The minimum atomic E-state index is -1.56. The fourth-order valence-corrected chi connectivity index (χ4v) is 3.25. The summed E-state index contributed by atoms with van der Waals surface area (Å²) in [4.78, 5) is 0. The molecule has 2 unspecified atom stereocenters. The summed E-state index contributed by atoms with van der Waals surface area (Å²) in [5, 5.41) is 0. The standard InChI is InChI=1S/C19H40O3S/c1-4-7-9-10-11-12-13-14-15-17-21-23(20)22-18-19(6-3)16-8-5-2/h19H,4-18H2,1-3H3. The van der Waals surface area contributed by atoms with Crippen molar-refractivity contribution < 1.29 is 12.6 Å². The summed E-state index contributed by atoms with van der Waals surface area (Å²) in [7, 11) is 0. The molecule has 0 saturated heterocycles. The van der Waals surface area contributed by atoms with Gasteiger partial charge in [0.25, 0.3) is 0 Å². The van der Waals surface area contributed by atoms with Crippen molar-refractivity contribution in [3.8, 4) is 0 Å². The summed E-state index contributed by atoms with van der Waals surface area (Å²) in [6.07, 6.45) is 16.2. The predicted molar refractivity (Wildman–Crippen MR) is 101 cm³/mol. The van der Waals surface area contributed by atoms with E-state index < -0.39 is 11.4 Å². The maximum Gasteiger partial charge on any atom is 0.304 e. The Morgan fingerprint density at radius 1 is 0.739 bits per heavy atom. The molecule has 23 heavy (non-hydrogen) atoms. The molecule has 0 aromatic rings. The van der Waals surface area contributed by atoms with Gasteiger partial charge < -0.3 is 0 Å². The highest BCUT2D eigenvalue weighted by atomic mass is 32.2. The average Bonchev–Trinajstić information content (AvgIpc) is 2.56. The maximum atomic E-state index is 11.6. The van der Waals surface area contributed by atoms with Crippen LogP contribution >= 0.6 is 0 Å². The lowest BCUT2D eigenvalue weighted by molar-refractivity contribution is 0.205. The van der Waals surface area contributed by atoms with Crippen molar-refractivity contribution in [1.82, 2.24) is 0 Å². The van der Waals surface area contributed by atoms with Crippen molar-refractivity contribution in [2.75, 3.05) is 13.2 Å². The molecule has 0 aliphatic rings. The fraction of sp³-hybridized carbons (Fsp3) is 1.00. The minimum Gasteiger partial charge on any atom is -0.268 e. The Hall–Kier alpha value is 0.0700. The van der Waals surface area contributed by atoms with Crippen molar-refractivity contribution >= 4 is 11.4 Å². The molecule has 0 aliphatic carbocycles. The summed E-state index contributed by atoms with van der Waals surface area (Å²) >= 11 is -1.56. The van der Waals surface area contributed by atoms with Crippen LogP contribution in [0.2, 0.25) is 0 Å². The van der Waals surface area contributed by atoms with Gasteiger partial charge in [-0.15, -0.1) is 0 Å². The van der Waals surface area contributed by atoms with Crippen LogP contribution in [-0.2, 0) is 19.7 Å². The molecule has 0 saturated carbocycles. The quantitative estimate of drug-likeness (QED) is 0.271. The van der Waals surface area contributed by atoms with Gasteiger partial charge in [0, 0.05) is 0 Å². The first-order valence-corrected chi connectivity index (χ1v) is 10.9. The lowest BCUT2D eigenvalue weighted by atomic mass is 10.0. The summed E-state index contributed by atoms with van der Waals surface area (Å²) < 4.78 is 22.2. The zero-order valence-electron chi connectivity index (χ0n) is 15.8. The molecule has 0 N–H and O–H groups in total. The molecule has 0 radical (unpaired) electrons. The highest BCUT2D eigenvalue weighted by Gasteiger charge is 2.09. The van der Waals surface area contributed by atoms with Crippen LogP contribution in [0.4, 0.5) is 0 Å². The van der Waals surface area contributed by atoms with Gasteiger partial charge in [0.2, 0.25) is 0 Å². The predicted octanol–water partition coefficient (Wildman–Crippen LogP) is 6.35. The van der Waals surface area contributed by atoms with Crippen LogP contribution in [0.3, 0.4) is 0 Å². The Kier molecular flexibility index (Phi) is 18.5. The van der Waals surface area contributed by atoms with E-state index >= 15 is 0 Å². The smallest absolute Gasteiger partial charge is 0.268 e. The largest absolute Gasteiger partial charge is 0.304 e. The normalized spacial score (nSPS) is 14.0. The summed E-state index contributed by atoms with van der Waals surface area (Å²) in [5.74, 6) is 0.509. The van der Waals surface area contributed by atoms with Gasteiger partial charge in [0.1, 0.15) is 0 Å². The van der Waals surface area contributed by atoms with E-state index in [1.54, 1.807) is 0 Å². The van der Waals surface area contributed by atoms with E-state index in [1.807, 2.05) is 0 Å². The third-order valence-electron chi connectivity index (χ3n) is 4.37. The number of hydrogen-bond acceptors (Lipinski definition) is 3. The molecule has 0 heterocycles. The van der Waals surface area contributed by atoms with E-state index in [2.05, 4.69) is 20.8 Å². The Labute approximate surface area is 147 Å². The summed E-state index contributed by atoms with van der Waals surface area (Å²) in [6.45, 7) is 7.71. The van der Waals surface area contributed by atoms with E-state index in [4.69, 9.17) is 8.37 Å². The molecular weight excluding hydrogens is 308 g/mol. The topological polar surface area (TPSA) is 35.5 Å². The third kappa shape index (κ3) is 16.7. The molecule has 0 aromatic heterocycles. The summed E-state index contributed by atoms with van der Waals surface area (Å²) in [5.41, 5.74) is 0. The van der Waals surface area contributed by atoms with Crippen LogP contribution in [0, 0.1) is 5.92 Å². The van der Waals surface area contributed by atoms with Crippen molar-refractivity contribution in [3.05, 3.63) is 0 Å². The van der Waals surface area contributed by atoms with Gasteiger partial charge >= 0.3 is 11.4 Å². The molecule has 0 bridgehead atoms. The minimum absolute atomic E-state index is 0.509. The zero-order chi connectivity index (χ0) is 17.2. The van der Waals surface area contributed by atoms with Gasteiger partial charge in [-0.25, -0.2) is 0 Å². The lowest BCUT2D eigenvalue weighted by Gasteiger charge is -2.13. The maximum absolute atomic E-state index is 11.6. The number of rotatable bonds is 18. The number of hydrogen-bond donors (Lipinski definition) is 0. The van der Waals surface area contributed by atoms with Crippen LogP contribution in [0.15, 0.2) is 0 Å². The Morgan fingerprint density at radius 3 is 1.87 bits per heavy atom. The first-order valence-electron chi connectivity index (χ1n) is 9.92. The van der Waals surface area contributed by atoms with Gasteiger partial charge in [-0.1, -0.05) is 91.4 Å². The second-order valence-corrected chi connectivity index (χ2v) is 7.44. The molecular formula is C19H40O3S. The highest BCUT2D eigenvalue weighted by molar-refractivity contribution is 7.75. The molecule has 0 aromatic carbocycles. The monoisotopic (exact) mass is 348 g/mol. The van der Waals surface area contributed by atoms with Crippen molar-refractivity contribution in [2.45, 2.75) is 104 Å². The molecule has 4 heteroatoms. The van der Waals surface area contributed by atoms with E-state index in [1.165, 1.54) is 64.2 Å². The van der Waals surface area contributed by atoms with Gasteiger partial charge in [-0.05, 0) is 18.8 Å². The van der Waals surface area contributed by atoms with Gasteiger partial charge in [-0.2, -0.15) is 4.21 Å². The first kappa shape index (κ1) is 23.1. The van der Waals surface area contributed by atoms with Crippen LogP contribution in [0.25, 0.3) is 0 Å². The highest BCUT2D eigenvalue weighted by Crippen LogP contribution is 2.14. The van der Waals surface area contributed by atoms with Crippen molar-refractivity contribution in [1.29, 1.82) is 0 Å². The molecule has 0 spiro atoms. The third-order valence-corrected chi connectivity index (χ3v) is 5.06. The molecule has 3 nitrogen and oxygen atoms in total. The Balaban J connectivity index is 3.36. The average molecular weight is 349 g/mol. The molecule has 0 fully saturated rings. The Morgan fingerprint density at radius 2 is 1.30 bits per heavy atom. The van der Waals surface area contributed by atoms with Crippen LogP contribution in [0.1, 0.15) is 104 Å². The van der Waals surface area contributed by atoms with E-state index in [0.29, 0.717) is 19.1 Å². The van der Waals surface area contributed by atoms with Crippen LogP contribution in [-0.4, -0.2) is 17.4 Å². The molecule has 0 amide bonds. The van der Waals surface area contributed by atoms with Crippen LogP contribution in [0.5, 0.6) is 0 Å². The first-order chi connectivity index (χ1) is 11.2. The zero-order valence-corrected chi connectivity index (χ0v) is 16.6. The van der Waals surface area contributed by atoms with E-state index in [-0.39, 0.29) is 0 Å². The molecule has 140 valence electrons. The lowest BCUT2D eigenvalue weighted by Crippen LogP contribution is -2.12. The second kappa shape index (κ2) is 18.4. The van der Waals surface area contributed by atoms with Gasteiger partial charge in [-0.3, -0.25) is 8.37 Å². The van der Waals surface area contributed by atoms with E-state index in [0.717, 1.165) is 19.3 Å². The SMILES string of the molecule is CCCCCCCCCCCOS(=O)OCC(CC)CCCC. The fourth-order valence-electron chi connectivity index (χ4n) is 2.62. The van der Waals surface area contributed by atoms with Crippen molar-refractivity contribution in [3.63, 3.8) is 0 Å². The molecule has 2 atom stereocenters. The Bertz CT molecular complexity index is 259. The van der Waals surface area contributed by atoms with E-state index in [9.17, 15) is 4.21 Å². The van der Waals surface area contributed by atoms with Crippen LogP contribution < -0.4 is 0 Å². The second-order valence-electron chi connectivity index (χ2n) is 6.56. The molecule has 0 rings (SSSR count). The molecule has 0 aliphatic heterocycles. The van der Waals surface area contributed by atoms with Gasteiger partial charge in [0.15, 0.2) is 0 Å².